The zero-order valence-corrected chi connectivity index (χ0v) is 12.4. The maximum absolute atomic E-state index is 5.83. The second-order valence-corrected chi connectivity index (χ2v) is 6.88. The highest BCUT2D eigenvalue weighted by Crippen LogP contribution is 2.47. The number of hydrogen-bond acceptors (Lipinski definition) is 3. The van der Waals surface area contributed by atoms with Crippen LogP contribution in [0.15, 0.2) is 34.1 Å². The Morgan fingerprint density at radius 1 is 1.39 bits per heavy atom. The Labute approximate surface area is 119 Å². The molecule has 1 aromatic heterocycles. The summed E-state index contributed by atoms with van der Waals surface area (Å²) in [5, 5.41) is 3.36. The molecule has 1 saturated carbocycles. The number of benzene rings is 1. The molecule has 3 rings (SSSR count). The quantitative estimate of drug-likeness (QED) is 0.928. The monoisotopic (exact) mass is 322 g/mol. The van der Waals surface area contributed by atoms with E-state index in [0.29, 0.717) is 5.41 Å². The predicted molar refractivity (Wildman–Crippen MR) is 79.7 cm³/mol. The van der Waals surface area contributed by atoms with Crippen molar-refractivity contribution in [2.24, 2.45) is 11.1 Å². The van der Waals surface area contributed by atoms with Gasteiger partial charge in [-0.1, -0.05) is 28.1 Å². The normalized spacial score (nSPS) is 16.8. The summed E-state index contributed by atoms with van der Waals surface area (Å²) in [6.45, 7) is 0.790. The van der Waals surface area contributed by atoms with Crippen LogP contribution in [0.25, 0.3) is 11.3 Å². The van der Waals surface area contributed by atoms with Crippen LogP contribution in [-0.2, 0) is 6.42 Å². The van der Waals surface area contributed by atoms with E-state index in [4.69, 9.17) is 10.7 Å². The van der Waals surface area contributed by atoms with Crippen molar-refractivity contribution in [3.8, 4) is 11.3 Å². The van der Waals surface area contributed by atoms with Crippen LogP contribution in [-0.4, -0.2) is 11.5 Å². The fourth-order valence-electron chi connectivity index (χ4n) is 2.12. The molecule has 1 fully saturated rings. The SMILES string of the molecule is NCC1(Cc2nc(-c3cccc(Br)c3)cs2)CC1. The van der Waals surface area contributed by atoms with Crippen molar-refractivity contribution < 1.29 is 0 Å². The molecule has 2 N–H and O–H groups in total. The molecule has 1 aliphatic rings. The topological polar surface area (TPSA) is 38.9 Å². The van der Waals surface area contributed by atoms with Crippen molar-refractivity contribution in [2.75, 3.05) is 6.54 Å². The number of halogens is 1. The molecular formula is C14H15BrN2S. The van der Waals surface area contributed by atoms with E-state index in [0.717, 1.165) is 23.1 Å². The summed E-state index contributed by atoms with van der Waals surface area (Å²) < 4.78 is 1.09. The van der Waals surface area contributed by atoms with Crippen LogP contribution in [0.2, 0.25) is 0 Å². The Morgan fingerprint density at radius 2 is 2.22 bits per heavy atom. The minimum Gasteiger partial charge on any atom is -0.330 e. The molecule has 0 saturated heterocycles. The molecule has 0 aliphatic heterocycles. The average molecular weight is 323 g/mol. The number of aromatic nitrogens is 1. The van der Waals surface area contributed by atoms with Gasteiger partial charge in [0, 0.05) is 21.8 Å². The van der Waals surface area contributed by atoms with Crippen LogP contribution in [0.1, 0.15) is 17.8 Å². The van der Waals surface area contributed by atoms with Gasteiger partial charge in [0.1, 0.15) is 0 Å². The van der Waals surface area contributed by atoms with Crippen molar-refractivity contribution >= 4 is 27.3 Å². The lowest BCUT2D eigenvalue weighted by Gasteiger charge is -2.08. The van der Waals surface area contributed by atoms with Gasteiger partial charge in [-0.15, -0.1) is 11.3 Å². The highest BCUT2D eigenvalue weighted by atomic mass is 79.9. The van der Waals surface area contributed by atoms with Crippen LogP contribution >= 0.6 is 27.3 Å². The molecule has 1 aromatic carbocycles. The van der Waals surface area contributed by atoms with Crippen molar-refractivity contribution in [3.05, 3.63) is 39.1 Å². The molecule has 2 aromatic rings. The fraction of sp³-hybridized carbons (Fsp3) is 0.357. The van der Waals surface area contributed by atoms with E-state index in [1.165, 1.54) is 23.4 Å². The number of rotatable bonds is 4. The maximum atomic E-state index is 5.83. The summed E-state index contributed by atoms with van der Waals surface area (Å²) in [5.41, 5.74) is 8.44. The molecule has 0 unspecified atom stereocenters. The molecule has 0 amide bonds. The molecule has 0 spiro atoms. The third kappa shape index (κ3) is 2.51. The van der Waals surface area contributed by atoms with Gasteiger partial charge in [0.05, 0.1) is 10.7 Å². The molecule has 0 radical (unpaired) electrons. The Bertz CT molecular complexity index is 560. The molecule has 1 heterocycles. The minimum absolute atomic E-state index is 0.367. The molecule has 94 valence electrons. The van der Waals surface area contributed by atoms with Gasteiger partial charge in [-0.2, -0.15) is 0 Å². The van der Waals surface area contributed by atoms with Gasteiger partial charge in [-0.05, 0) is 36.9 Å². The van der Waals surface area contributed by atoms with Crippen LogP contribution in [0.5, 0.6) is 0 Å². The van der Waals surface area contributed by atoms with Crippen molar-refractivity contribution in [2.45, 2.75) is 19.3 Å². The van der Waals surface area contributed by atoms with Crippen molar-refractivity contribution in [3.63, 3.8) is 0 Å². The third-order valence-electron chi connectivity index (χ3n) is 3.59. The summed E-state index contributed by atoms with van der Waals surface area (Å²) >= 11 is 5.25. The lowest BCUT2D eigenvalue weighted by Crippen LogP contribution is -2.17. The van der Waals surface area contributed by atoms with E-state index >= 15 is 0 Å². The lowest BCUT2D eigenvalue weighted by molar-refractivity contribution is 0.520. The smallest absolute Gasteiger partial charge is 0.0938 e. The van der Waals surface area contributed by atoms with E-state index in [1.807, 2.05) is 12.1 Å². The Balaban J connectivity index is 1.81. The number of nitrogens with two attached hydrogens (primary N) is 1. The van der Waals surface area contributed by atoms with Gasteiger partial charge in [-0.3, -0.25) is 0 Å². The first-order chi connectivity index (χ1) is 8.71. The van der Waals surface area contributed by atoms with Gasteiger partial charge in [0.2, 0.25) is 0 Å². The Morgan fingerprint density at radius 3 is 2.89 bits per heavy atom. The van der Waals surface area contributed by atoms with E-state index < -0.39 is 0 Å². The molecule has 0 atom stereocenters. The standard InChI is InChI=1S/C14H15BrN2S/c15-11-3-1-2-10(6-11)12-8-18-13(17-12)7-14(9-16)4-5-14/h1-3,6,8H,4-5,7,9,16H2. The minimum atomic E-state index is 0.367. The highest BCUT2D eigenvalue weighted by molar-refractivity contribution is 9.10. The zero-order chi connectivity index (χ0) is 12.6. The van der Waals surface area contributed by atoms with E-state index in [9.17, 15) is 0 Å². The van der Waals surface area contributed by atoms with Gasteiger partial charge < -0.3 is 5.73 Å². The summed E-state index contributed by atoms with van der Waals surface area (Å²) in [7, 11) is 0. The zero-order valence-electron chi connectivity index (χ0n) is 10.0. The van der Waals surface area contributed by atoms with Crippen LogP contribution in [0.3, 0.4) is 0 Å². The van der Waals surface area contributed by atoms with Crippen molar-refractivity contribution in [1.82, 2.24) is 4.98 Å². The summed E-state index contributed by atoms with van der Waals surface area (Å²) in [4.78, 5) is 4.74. The second-order valence-electron chi connectivity index (χ2n) is 5.02. The summed E-state index contributed by atoms with van der Waals surface area (Å²) in [6, 6.07) is 8.28. The maximum Gasteiger partial charge on any atom is 0.0938 e. The van der Waals surface area contributed by atoms with Crippen LogP contribution < -0.4 is 5.73 Å². The Hall–Kier alpha value is -0.710. The number of thiazole rings is 1. The second kappa shape index (κ2) is 4.76. The van der Waals surface area contributed by atoms with Gasteiger partial charge >= 0.3 is 0 Å². The van der Waals surface area contributed by atoms with Crippen LogP contribution in [0, 0.1) is 5.41 Å². The third-order valence-corrected chi connectivity index (χ3v) is 4.93. The van der Waals surface area contributed by atoms with E-state index in [1.54, 1.807) is 11.3 Å². The summed E-state index contributed by atoms with van der Waals surface area (Å²) in [6.07, 6.45) is 3.56. The predicted octanol–water partition coefficient (Wildman–Crippen LogP) is 3.85. The molecule has 2 nitrogen and oxygen atoms in total. The molecule has 1 aliphatic carbocycles. The molecular weight excluding hydrogens is 308 g/mol. The fourth-order valence-corrected chi connectivity index (χ4v) is 3.50. The van der Waals surface area contributed by atoms with Crippen molar-refractivity contribution in [1.29, 1.82) is 0 Å². The largest absolute Gasteiger partial charge is 0.330 e. The Kier molecular flexibility index (Phi) is 3.26. The lowest BCUT2D eigenvalue weighted by atomic mass is 10.0. The number of nitrogens with zero attached hydrogens (tertiary/aromatic N) is 1. The highest BCUT2D eigenvalue weighted by Gasteiger charge is 2.41. The average Bonchev–Trinajstić information content (AvgIpc) is 2.99. The van der Waals surface area contributed by atoms with E-state index in [2.05, 4.69) is 33.4 Å². The van der Waals surface area contributed by atoms with E-state index in [-0.39, 0.29) is 0 Å². The molecule has 18 heavy (non-hydrogen) atoms. The number of hydrogen-bond donors (Lipinski definition) is 1. The molecule has 0 bridgehead atoms. The van der Waals surface area contributed by atoms with Gasteiger partial charge in [0.25, 0.3) is 0 Å². The van der Waals surface area contributed by atoms with Crippen LogP contribution in [0.4, 0.5) is 0 Å². The first kappa shape index (κ1) is 12.3. The first-order valence-corrected chi connectivity index (χ1v) is 7.78. The van der Waals surface area contributed by atoms with Gasteiger partial charge in [-0.25, -0.2) is 4.98 Å². The summed E-state index contributed by atoms with van der Waals surface area (Å²) in [5.74, 6) is 0. The van der Waals surface area contributed by atoms with Gasteiger partial charge in [0.15, 0.2) is 0 Å². The first-order valence-electron chi connectivity index (χ1n) is 6.11. The molecule has 4 heteroatoms.